The molecule has 0 aliphatic carbocycles. The molecule has 1 aliphatic heterocycles. The minimum absolute atomic E-state index is 0.0655. The summed E-state index contributed by atoms with van der Waals surface area (Å²) < 4.78 is 29.7. The van der Waals surface area contributed by atoms with Crippen LogP contribution in [0.15, 0.2) is 50.8 Å². The minimum atomic E-state index is -3.57. The van der Waals surface area contributed by atoms with E-state index >= 15 is 0 Å². The zero-order valence-electron chi connectivity index (χ0n) is 12.9. The summed E-state index contributed by atoms with van der Waals surface area (Å²) in [6.45, 7) is 0.571. The molecule has 0 amide bonds. The average Bonchev–Trinajstić information content (AvgIpc) is 3.24. The number of nitrogens with zero attached hydrogens (tertiary/aromatic N) is 4. The second-order valence-corrected chi connectivity index (χ2v) is 9.06. The van der Waals surface area contributed by atoms with Gasteiger partial charge in [0.25, 0.3) is 0 Å². The van der Waals surface area contributed by atoms with E-state index < -0.39 is 10.4 Å². The number of hydrogen-bond donors (Lipinski definition) is 0. The monoisotopic (exact) mass is 396 g/mol. The van der Waals surface area contributed by atoms with Crippen molar-refractivity contribution in [3.8, 4) is 5.69 Å². The van der Waals surface area contributed by atoms with Gasteiger partial charge in [-0.1, -0.05) is 27.1 Å². The van der Waals surface area contributed by atoms with E-state index in [1.807, 2.05) is 0 Å². The van der Waals surface area contributed by atoms with E-state index in [4.69, 9.17) is 11.6 Å². The number of fused-ring (bicyclic) bond motifs is 1. The summed E-state index contributed by atoms with van der Waals surface area (Å²) in [5, 5.41) is 6.60. The molecule has 0 saturated carbocycles. The van der Waals surface area contributed by atoms with Crippen LogP contribution >= 0.6 is 22.9 Å². The molecule has 4 rings (SSSR count). The molecule has 0 radical (unpaired) electrons. The molecule has 1 atom stereocenters. The highest BCUT2D eigenvalue weighted by Gasteiger charge is 2.36. The Morgan fingerprint density at radius 1 is 1.20 bits per heavy atom. The van der Waals surface area contributed by atoms with E-state index in [0.717, 1.165) is 0 Å². The maximum absolute atomic E-state index is 12.7. The van der Waals surface area contributed by atoms with Crippen LogP contribution in [0.1, 0.15) is 5.82 Å². The van der Waals surface area contributed by atoms with Crippen molar-refractivity contribution >= 4 is 33.3 Å². The van der Waals surface area contributed by atoms with Crippen molar-refractivity contribution in [2.45, 2.75) is 17.3 Å². The predicted octanol–water partition coefficient (Wildman–Crippen LogP) is 2.17. The molecule has 0 bridgehead atoms. The second kappa shape index (κ2) is 6.19. The molecule has 0 fully saturated rings. The van der Waals surface area contributed by atoms with Crippen molar-refractivity contribution in [2.75, 3.05) is 6.54 Å². The summed E-state index contributed by atoms with van der Waals surface area (Å²) >= 11 is 7.05. The topological polar surface area (TPSA) is 83.2 Å². The van der Waals surface area contributed by atoms with Crippen molar-refractivity contribution in [3.05, 3.63) is 63.1 Å². The molecule has 3 heterocycles. The Morgan fingerprint density at radius 2 is 1.96 bits per heavy atom. The fourth-order valence-corrected chi connectivity index (χ4v) is 5.38. The van der Waals surface area contributed by atoms with Crippen molar-refractivity contribution in [3.63, 3.8) is 0 Å². The van der Waals surface area contributed by atoms with Gasteiger partial charge >= 0.3 is 5.69 Å². The molecule has 1 unspecified atom stereocenters. The van der Waals surface area contributed by atoms with Crippen LogP contribution in [-0.4, -0.2) is 29.8 Å². The van der Waals surface area contributed by atoms with Gasteiger partial charge in [0.05, 0.1) is 12.2 Å². The van der Waals surface area contributed by atoms with Crippen LogP contribution in [0.25, 0.3) is 5.69 Å². The SMILES string of the molecule is O=c1n(-c2ccc(Cl)cc2)nc2n1CCN([S+](=O)([O-])c1cccs1)C2. The van der Waals surface area contributed by atoms with E-state index in [0.29, 0.717) is 20.7 Å². The van der Waals surface area contributed by atoms with Gasteiger partial charge in [0, 0.05) is 17.6 Å². The van der Waals surface area contributed by atoms with Gasteiger partial charge in [-0.05, 0) is 35.7 Å². The van der Waals surface area contributed by atoms with Crippen LogP contribution in [0.5, 0.6) is 0 Å². The van der Waals surface area contributed by atoms with E-state index in [1.54, 1.807) is 41.8 Å². The molecule has 25 heavy (non-hydrogen) atoms. The molecule has 2 aromatic heterocycles. The zero-order valence-corrected chi connectivity index (χ0v) is 15.3. The highest BCUT2D eigenvalue weighted by molar-refractivity contribution is 7.97. The van der Waals surface area contributed by atoms with Crippen molar-refractivity contribution < 1.29 is 8.76 Å². The summed E-state index contributed by atoms with van der Waals surface area (Å²) in [6, 6.07) is 10.0. The fraction of sp³-hybridized carbons (Fsp3) is 0.200. The lowest BCUT2D eigenvalue weighted by molar-refractivity contribution is 0.301. The molecule has 10 heteroatoms. The van der Waals surface area contributed by atoms with Gasteiger partial charge in [0.15, 0.2) is 16.2 Å². The third-order valence-electron chi connectivity index (χ3n) is 3.99. The smallest absolute Gasteiger partial charge is 0.350 e. The lowest BCUT2D eigenvalue weighted by Gasteiger charge is -2.28. The van der Waals surface area contributed by atoms with Gasteiger partial charge in [0.2, 0.25) is 4.21 Å². The molecular weight excluding hydrogens is 384 g/mol. The number of aromatic nitrogens is 3. The quantitative estimate of drug-likeness (QED) is 0.635. The average molecular weight is 397 g/mol. The number of hydrogen-bond acceptors (Lipinski definition) is 5. The van der Waals surface area contributed by atoms with E-state index in [1.165, 1.54) is 24.9 Å². The highest BCUT2D eigenvalue weighted by Crippen LogP contribution is 2.28. The summed E-state index contributed by atoms with van der Waals surface area (Å²) in [5.74, 6) is 0.423. The lowest BCUT2D eigenvalue weighted by Crippen LogP contribution is -2.43. The number of halogens is 1. The standard InChI is InChI=1S/C15H13ClN4O3S2/c16-11-3-5-12(6-4-11)20-15(21)19-8-7-18(10-13(19)17-20)25(22,23)14-2-1-9-24-14/h1-6,9H,7-8,10H2. The third-order valence-corrected chi connectivity index (χ3v) is 7.46. The number of rotatable bonds is 3. The Labute approximate surface area is 153 Å². The Bertz CT molecular complexity index is 1010. The van der Waals surface area contributed by atoms with E-state index in [9.17, 15) is 13.6 Å². The van der Waals surface area contributed by atoms with Crippen LogP contribution in [0, 0.1) is 0 Å². The van der Waals surface area contributed by atoms with Crippen LogP contribution in [0.2, 0.25) is 5.02 Å². The minimum Gasteiger partial charge on any atom is -0.592 e. The van der Waals surface area contributed by atoms with Crippen LogP contribution in [-0.2, 0) is 27.7 Å². The van der Waals surface area contributed by atoms with Crippen LogP contribution in [0.4, 0.5) is 0 Å². The first kappa shape index (κ1) is 16.7. The molecule has 0 saturated heterocycles. The predicted molar refractivity (Wildman–Crippen MR) is 94.7 cm³/mol. The maximum Gasteiger partial charge on any atom is 0.350 e. The van der Waals surface area contributed by atoms with Crippen molar-refractivity contribution in [1.82, 2.24) is 18.7 Å². The Balaban J connectivity index is 1.68. The van der Waals surface area contributed by atoms with Crippen LogP contribution in [0.3, 0.4) is 0 Å². The molecule has 0 spiro atoms. The van der Waals surface area contributed by atoms with E-state index in [-0.39, 0.29) is 25.3 Å². The van der Waals surface area contributed by atoms with Crippen molar-refractivity contribution in [2.24, 2.45) is 0 Å². The van der Waals surface area contributed by atoms with E-state index in [2.05, 4.69) is 5.10 Å². The second-order valence-electron chi connectivity index (χ2n) is 5.51. The summed E-state index contributed by atoms with van der Waals surface area (Å²) in [5.41, 5.74) is 0.300. The maximum atomic E-state index is 12.7. The van der Waals surface area contributed by atoms with Crippen molar-refractivity contribution in [1.29, 1.82) is 0 Å². The summed E-state index contributed by atoms with van der Waals surface area (Å²) in [7, 11) is -3.57. The number of sulfonamides is 1. The molecule has 130 valence electrons. The Kier molecular flexibility index (Phi) is 4.13. The molecule has 0 N–H and O–H groups in total. The molecule has 1 aliphatic rings. The van der Waals surface area contributed by atoms with Gasteiger partial charge in [0.1, 0.15) is 6.54 Å². The Morgan fingerprint density at radius 3 is 2.64 bits per heavy atom. The highest BCUT2D eigenvalue weighted by atomic mass is 35.5. The van der Waals surface area contributed by atoms with Gasteiger partial charge in [-0.2, -0.15) is 4.68 Å². The van der Waals surface area contributed by atoms with Gasteiger partial charge in [-0.15, -0.1) is 9.40 Å². The molecule has 1 aromatic carbocycles. The first-order valence-corrected chi connectivity index (χ1v) is 10.1. The van der Waals surface area contributed by atoms with Gasteiger partial charge in [-0.3, -0.25) is 4.57 Å². The molecule has 3 aromatic rings. The summed E-state index contributed by atoms with van der Waals surface area (Å²) in [6.07, 6.45) is 0. The third kappa shape index (κ3) is 2.87. The lowest BCUT2D eigenvalue weighted by atomic mass is 10.3. The molecular formula is C15H13ClN4O3S2. The van der Waals surface area contributed by atoms with Gasteiger partial charge in [-0.25, -0.2) is 4.79 Å². The number of benzene rings is 1. The first-order chi connectivity index (χ1) is 12.0. The van der Waals surface area contributed by atoms with Gasteiger partial charge < -0.3 is 4.55 Å². The normalized spacial score (nSPS) is 17.2. The molecule has 7 nitrogen and oxygen atoms in total. The zero-order chi connectivity index (χ0) is 17.6. The number of thiophene rings is 1. The summed E-state index contributed by atoms with van der Waals surface area (Å²) in [4.78, 5) is 12.5. The fourth-order valence-electron chi connectivity index (χ4n) is 2.72. The van der Waals surface area contributed by atoms with Crippen LogP contribution < -0.4 is 5.69 Å². The Hall–Kier alpha value is -1.78. The first-order valence-electron chi connectivity index (χ1n) is 7.45. The largest absolute Gasteiger partial charge is 0.592 e.